The molecule has 0 heterocycles. The number of thioether (sulfide) groups is 1. The minimum absolute atomic E-state index is 0.815. The molecule has 0 spiro atoms. The van der Waals surface area contributed by atoms with Crippen molar-refractivity contribution in [1.29, 1.82) is 0 Å². The first-order chi connectivity index (χ1) is 6.88. The standard InChI is InChI=1S/C12H25NS/c1-2-3-6-9-14-12-8-5-4-7-11(12)10-13/h11-12H,2-10,13H2,1H3. The van der Waals surface area contributed by atoms with Gasteiger partial charge in [0.05, 0.1) is 0 Å². The van der Waals surface area contributed by atoms with Crippen LogP contribution in [-0.2, 0) is 0 Å². The van der Waals surface area contributed by atoms with Gasteiger partial charge in [0.1, 0.15) is 0 Å². The van der Waals surface area contributed by atoms with E-state index in [2.05, 4.69) is 18.7 Å². The molecule has 0 bridgehead atoms. The minimum Gasteiger partial charge on any atom is -0.330 e. The van der Waals surface area contributed by atoms with Crippen molar-refractivity contribution >= 4 is 11.8 Å². The first-order valence-electron chi connectivity index (χ1n) is 6.20. The summed E-state index contributed by atoms with van der Waals surface area (Å²) < 4.78 is 0. The predicted octanol–water partition coefficient (Wildman–Crippen LogP) is 3.43. The second-order valence-corrected chi connectivity index (χ2v) is 5.74. The Morgan fingerprint density at radius 1 is 1.21 bits per heavy atom. The molecular formula is C12H25NS. The average Bonchev–Trinajstić information content (AvgIpc) is 2.25. The Morgan fingerprint density at radius 2 is 2.00 bits per heavy atom. The predicted molar refractivity (Wildman–Crippen MR) is 66.8 cm³/mol. The fraction of sp³-hybridized carbons (Fsp3) is 1.00. The maximum atomic E-state index is 5.81. The highest BCUT2D eigenvalue weighted by atomic mass is 32.2. The molecule has 2 atom stereocenters. The van der Waals surface area contributed by atoms with Crippen molar-refractivity contribution in [1.82, 2.24) is 0 Å². The molecule has 0 aliphatic heterocycles. The third kappa shape index (κ3) is 4.22. The van der Waals surface area contributed by atoms with E-state index in [1.165, 1.54) is 50.7 Å². The summed E-state index contributed by atoms with van der Waals surface area (Å²) in [4.78, 5) is 0. The first kappa shape index (κ1) is 12.4. The molecule has 1 aliphatic carbocycles. The van der Waals surface area contributed by atoms with Crippen LogP contribution in [0.4, 0.5) is 0 Å². The normalized spacial score (nSPS) is 27.9. The highest BCUT2D eigenvalue weighted by Gasteiger charge is 2.23. The molecule has 1 rings (SSSR count). The van der Waals surface area contributed by atoms with E-state index in [0.29, 0.717) is 0 Å². The van der Waals surface area contributed by atoms with E-state index in [4.69, 9.17) is 5.73 Å². The topological polar surface area (TPSA) is 26.0 Å². The zero-order valence-electron chi connectivity index (χ0n) is 9.50. The van der Waals surface area contributed by atoms with Crippen LogP contribution in [0.5, 0.6) is 0 Å². The largest absolute Gasteiger partial charge is 0.330 e. The smallest absolute Gasteiger partial charge is 0.00873 e. The molecule has 0 aromatic rings. The van der Waals surface area contributed by atoms with Gasteiger partial charge in [0, 0.05) is 5.25 Å². The lowest BCUT2D eigenvalue weighted by Gasteiger charge is -2.30. The van der Waals surface area contributed by atoms with Gasteiger partial charge in [-0.2, -0.15) is 11.8 Å². The Morgan fingerprint density at radius 3 is 2.71 bits per heavy atom. The van der Waals surface area contributed by atoms with Crippen LogP contribution in [0.15, 0.2) is 0 Å². The summed E-state index contributed by atoms with van der Waals surface area (Å²) >= 11 is 2.19. The SMILES string of the molecule is CCCCCSC1CCCCC1CN. The van der Waals surface area contributed by atoms with Crippen LogP contribution in [0.25, 0.3) is 0 Å². The molecule has 0 amide bonds. The fourth-order valence-corrected chi connectivity index (χ4v) is 3.78. The Kier molecular flexibility index (Phi) is 6.70. The van der Waals surface area contributed by atoms with Gasteiger partial charge in [-0.1, -0.05) is 32.6 Å². The van der Waals surface area contributed by atoms with Gasteiger partial charge in [-0.3, -0.25) is 0 Å². The summed E-state index contributed by atoms with van der Waals surface area (Å²) in [6, 6.07) is 0. The fourth-order valence-electron chi connectivity index (χ4n) is 2.25. The Labute approximate surface area is 93.2 Å². The number of hydrogen-bond donors (Lipinski definition) is 1. The molecule has 1 fully saturated rings. The van der Waals surface area contributed by atoms with Gasteiger partial charge in [-0.15, -0.1) is 0 Å². The lowest BCUT2D eigenvalue weighted by Crippen LogP contribution is -2.29. The molecule has 0 aromatic carbocycles. The summed E-state index contributed by atoms with van der Waals surface area (Å²) in [5, 5.41) is 0.880. The number of unbranched alkanes of at least 4 members (excludes halogenated alkanes) is 2. The van der Waals surface area contributed by atoms with Gasteiger partial charge < -0.3 is 5.73 Å². The molecule has 14 heavy (non-hydrogen) atoms. The van der Waals surface area contributed by atoms with Crippen LogP contribution in [0.2, 0.25) is 0 Å². The summed E-state index contributed by atoms with van der Waals surface area (Å²) in [6.07, 6.45) is 9.77. The van der Waals surface area contributed by atoms with Crippen LogP contribution >= 0.6 is 11.8 Å². The van der Waals surface area contributed by atoms with Crippen molar-refractivity contribution in [3.05, 3.63) is 0 Å². The van der Waals surface area contributed by atoms with Crippen molar-refractivity contribution in [2.24, 2.45) is 11.7 Å². The molecule has 2 heteroatoms. The molecule has 0 saturated heterocycles. The maximum absolute atomic E-state index is 5.81. The van der Waals surface area contributed by atoms with Gasteiger partial charge in [0.25, 0.3) is 0 Å². The van der Waals surface area contributed by atoms with Gasteiger partial charge in [0.15, 0.2) is 0 Å². The van der Waals surface area contributed by atoms with Gasteiger partial charge in [-0.25, -0.2) is 0 Å². The van der Waals surface area contributed by atoms with Crippen molar-refractivity contribution in [2.75, 3.05) is 12.3 Å². The molecule has 2 unspecified atom stereocenters. The van der Waals surface area contributed by atoms with Crippen LogP contribution in [-0.4, -0.2) is 17.5 Å². The molecule has 1 saturated carbocycles. The Hall–Kier alpha value is 0.310. The lowest BCUT2D eigenvalue weighted by atomic mass is 9.89. The Balaban J connectivity index is 2.13. The van der Waals surface area contributed by atoms with E-state index in [1.807, 2.05) is 0 Å². The monoisotopic (exact) mass is 215 g/mol. The summed E-state index contributed by atoms with van der Waals surface area (Å²) in [5.74, 6) is 2.17. The van der Waals surface area contributed by atoms with E-state index >= 15 is 0 Å². The van der Waals surface area contributed by atoms with Crippen LogP contribution in [0.3, 0.4) is 0 Å². The highest BCUT2D eigenvalue weighted by molar-refractivity contribution is 7.99. The van der Waals surface area contributed by atoms with Crippen LogP contribution < -0.4 is 5.73 Å². The first-order valence-corrected chi connectivity index (χ1v) is 7.25. The second-order valence-electron chi connectivity index (χ2n) is 4.40. The highest BCUT2D eigenvalue weighted by Crippen LogP contribution is 2.33. The number of hydrogen-bond acceptors (Lipinski definition) is 2. The lowest BCUT2D eigenvalue weighted by molar-refractivity contribution is 0.378. The van der Waals surface area contributed by atoms with E-state index < -0.39 is 0 Å². The van der Waals surface area contributed by atoms with Crippen LogP contribution in [0, 0.1) is 5.92 Å². The van der Waals surface area contributed by atoms with Crippen molar-refractivity contribution in [3.8, 4) is 0 Å². The van der Waals surface area contributed by atoms with E-state index in [9.17, 15) is 0 Å². The van der Waals surface area contributed by atoms with Crippen molar-refractivity contribution < 1.29 is 0 Å². The number of rotatable bonds is 6. The van der Waals surface area contributed by atoms with Gasteiger partial charge >= 0.3 is 0 Å². The van der Waals surface area contributed by atoms with E-state index in [0.717, 1.165) is 17.7 Å². The van der Waals surface area contributed by atoms with Crippen molar-refractivity contribution in [2.45, 2.75) is 57.1 Å². The van der Waals surface area contributed by atoms with E-state index in [1.54, 1.807) is 0 Å². The van der Waals surface area contributed by atoms with Gasteiger partial charge in [-0.05, 0) is 37.5 Å². The summed E-state index contributed by atoms with van der Waals surface area (Å²) in [6.45, 7) is 3.18. The summed E-state index contributed by atoms with van der Waals surface area (Å²) in [7, 11) is 0. The molecule has 84 valence electrons. The zero-order chi connectivity index (χ0) is 10.2. The second kappa shape index (κ2) is 7.58. The molecular weight excluding hydrogens is 190 g/mol. The molecule has 1 aliphatic rings. The minimum atomic E-state index is 0.815. The Bertz CT molecular complexity index is 138. The number of nitrogens with two attached hydrogens (primary N) is 1. The quantitative estimate of drug-likeness (QED) is 0.687. The van der Waals surface area contributed by atoms with Crippen molar-refractivity contribution in [3.63, 3.8) is 0 Å². The summed E-state index contributed by atoms with van der Waals surface area (Å²) in [5.41, 5.74) is 5.81. The van der Waals surface area contributed by atoms with Crippen LogP contribution in [0.1, 0.15) is 51.9 Å². The molecule has 0 radical (unpaired) electrons. The molecule has 0 aromatic heterocycles. The maximum Gasteiger partial charge on any atom is 0.00873 e. The van der Waals surface area contributed by atoms with E-state index in [-0.39, 0.29) is 0 Å². The zero-order valence-corrected chi connectivity index (χ0v) is 10.3. The third-order valence-corrected chi connectivity index (χ3v) is 4.80. The average molecular weight is 215 g/mol. The van der Waals surface area contributed by atoms with Gasteiger partial charge in [0.2, 0.25) is 0 Å². The molecule has 2 N–H and O–H groups in total. The molecule has 1 nitrogen and oxygen atoms in total. The third-order valence-electron chi connectivity index (χ3n) is 3.22.